The van der Waals surface area contributed by atoms with E-state index in [1.165, 1.54) is 6.42 Å². The molecule has 22 heavy (non-hydrogen) atoms. The summed E-state index contributed by atoms with van der Waals surface area (Å²) >= 11 is 0. The third-order valence-electron chi connectivity index (χ3n) is 4.74. The number of carbonyl (C=O) groups is 1. The van der Waals surface area contributed by atoms with Crippen molar-refractivity contribution in [2.75, 3.05) is 33.8 Å². The summed E-state index contributed by atoms with van der Waals surface area (Å²) in [6, 6.07) is 5.96. The standard InChI is InChI=1S/C16H24N4O2/c1-19-8-6-12-7-9-20(14(12)11-19)16(21)17-10-13-4-3-5-15(18-13)22-2/h3-5,12,14H,6-11H2,1-2H3,(H,17,21)/t12-,14-/m0/s1. The summed E-state index contributed by atoms with van der Waals surface area (Å²) in [5.41, 5.74) is 0.809. The molecule has 2 aliphatic rings. The van der Waals surface area contributed by atoms with Gasteiger partial charge < -0.3 is 19.9 Å². The quantitative estimate of drug-likeness (QED) is 0.915. The molecular formula is C16H24N4O2. The lowest BCUT2D eigenvalue weighted by Gasteiger charge is -2.36. The van der Waals surface area contributed by atoms with Crippen molar-refractivity contribution in [2.45, 2.75) is 25.4 Å². The van der Waals surface area contributed by atoms with Crippen LogP contribution in [0, 0.1) is 5.92 Å². The van der Waals surface area contributed by atoms with E-state index in [1.54, 1.807) is 13.2 Å². The van der Waals surface area contributed by atoms with Gasteiger partial charge in [0.2, 0.25) is 5.88 Å². The van der Waals surface area contributed by atoms with Crippen LogP contribution < -0.4 is 10.1 Å². The molecule has 6 heteroatoms. The first kappa shape index (κ1) is 15.1. The van der Waals surface area contributed by atoms with Crippen LogP contribution in [0.3, 0.4) is 0 Å². The number of piperidine rings is 1. The van der Waals surface area contributed by atoms with Crippen LogP contribution in [-0.2, 0) is 6.54 Å². The zero-order chi connectivity index (χ0) is 15.5. The van der Waals surface area contributed by atoms with Crippen molar-refractivity contribution in [3.63, 3.8) is 0 Å². The lowest BCUT2D eigenvalue weighted by atomic mass is 9.92. The number of nitrogens with zero attached hydrogens (tertiary/aromatic N) is 3. The molecule has 1 aromatic rings. The van der Waals surface area contributed by atoms with E-state index in [4.69, 9.17) is 4.74 Å². The van der Waals surface area contributed by atoms with Gasteiger partial charge >= 0.3 is 6.03 Å². The number of ether oxygens (including phenoxy) is 1. The Balaban J connectivity index is 1.57. The molecule has 2 atom stereocenters. The first-order valence-corrected chi connectivity index (χ1v) is 7.90. The molecule has 0 spiro atoms. The molecular weight excluding hydrogens is 280 g/mol. The molecule has 2 fully saturated rings. The Kier molecular flexibility index (Phi) is 4.47. The molecule has 0 unspecified atom stereocenters. The number of urea groups is 1. The Hall–Kier alpha value is -1.82. The van der Waals surface area contributed by atoms with Crippen molar-refractivity contribution in [3.8, 4) is 5.88 Å². The van der Waals surface area contributed by atoms with Gasteiger partial charge in [0.05, 0.1) is 19.3 Å². The van der Waals surface area contributed by atoms with Crippen LogP contribution in [0.2, 0.25) is 0 Å². The zero-order valence-corrected chi connectivity index (χ0v) is 13.3. The van der Waals surface area contributed by atoms with Gasteiger partial charge in [-0.15, -0.1) is 0 Å². The highest BCUT2D eigenvalue weighted by Crippen LogP contribution is 2.31. The molecule has 0 radical (unpaired) electrons. The number of hydrogen-bond donors (Lipinski definition) is 1. The fourth-order valence-electron chi connectivity index (χ4n) is 3.49. The maximum Gasteiger partial charge on any atom is 0.318 e. The van der Waals surface area contributed by atoms with Gasteiger partial charge in [0.25, 0.3) is 0 Å². The van der Waals surface area contributed by atoms with E-state index in [9.17, 15) is 4.79 Å². The van der Waals surface area contributed by atoms with Gasteiger partial charge in [-0.1, -0.05) is 6.07 Å². The van der Waals surface area contributed by atoms with Gasteiger partial charge in [-0.3, -0.25) is 0 Å². The summed E-state index contributed by atoms with van der Waals surface area (Å²) in [6.45, 7) is 3.42. The van der Waals surface area contributed by atoms with Crippen LogP contribution in [0.4, 0.5) is 4.79 Å². The van der Waals surface area contributed by atoms with Gasteiger partial charge in [0, 0.05) is 25.2 Å². The molecule has 120 valence electrons. The van der Waals surface area contributed by atoms with Crippen molar-refractivity contribution in [1.29, 1.82) is 0 Å². The molecule has 0 aliphatic carbocycles. The maximum atomic E-state index is 12.5. The van der Waals surface area contributed by atoms with Crippen molar-refractivity contribution in [1.82, 2.24) is 20.1 Å². The number of rotatable bonds is 3. The summed E-state index contributed by atoms with van der Waals surface area (Å²) in [6.07, 6.45) is 2.33. The van der Waals surface area contributed by atoms with E-state index in [0.29, 0.717) is 24.4 Å². The van der Waals surface area contributed by atoms with E-state index < -0.39 is 0 Å². The Bertz CT molecular complexity index is 537. The van der Waals surface area contributed by atoms with Gasteiger partial charge in [-0.2, -0.15) is 0 Å². The van der Waals surface area contributed by atoms with E-state index in [1.807, 2.05) is 17.0 Å². The molecule has 3 heterocycles. The average molecular weight is 304 g/mol. The predicted octanol–water partition coefficient (Wildman–Crippen LogP) is 1.33. The summed E-state index contributed by atoms with van der Waals surface area (Å²) in [5.74, 6) is 1.23. The number of aromatic nitrogens is 1. The lowest BCUT2D eigenvalue weighted by Crippen LogP contribution is -2.51. The minimum absolute atomic E-state index is 0.0208. The van der Waals surface area contributed by atoms with Crippen molar-refractivity contribution >= 4 is 6.03 Å². The van der Waals surface area contributed by atoms with Crippen LogP contribution in [0.25, 0.3) is 0 Å². The fourth-order valence-corrected chi connectivity index (χ4v) is 3.49. The highest BCUT2D eigenvalue weighted by atomic mass is 16.5. The number of carbonyl (C=O) groups excluding carboxylic acids is 1. The number of methoxy groups -OCH3 is 1. The van der Waals surface area contributed by atoms with Gasteiger partial charge in [0.1, 0.15) is 0 Å². The molecule has 3 rings (SSSR count). The molecule has 2 saturated heterocycles. The summed E-state index contributed by atoms with van der Waals surface area (Å²) in [7, 11) is 3.72. The molecule has 2 amide bonds. The second-order valence-corrected chi connectivity index (χ2v) is 6.19. The molecule has 0 saturated carbocycles. The highest BCUT2D eigenvalue weighted by molar-refractivity contribution is 5.75. The molecule has 1 N–H and O–H groups in total. The summed E-state index contributed by atoms with van der Waals surface area (Å²) in [5, 5.41) is 2.99. The third kappa shape index (κ3) is 3.16. The minimum atomic E-state index is 0.0208. The predicted molar refractivity (Wildman–Crippen MR) is 83.7 cm³/mol. The van der Waals surface area contributed by atoms with Crippen LogP contribution in [-0.4, -0.2) is 60.6 Å². The molecule has 1 aromatic heterocycles. The van der Waals surface area contributed by atoms with Crippen LogP contribution in [0.1, 0.15) is 18.5 Å². The maximum absolute atomic E-state index is 12.5. The van der Waals surface area contributed by atoms with Gasteiger partial charge in [0.15, 0.2) is 0 Å². The zero-order valence-electron chi connectivity index (χ0n) is 13.3. The van der Waals surface area contributed by atoms with Crippen LogP contribution in [0.5, 0.6) is 5.88 Å². The Morgan fingerprint density at radius 2 is 2.23 bits per heavy atom. The highest BCUT2D eigenvalue weighted by Gasteiger charge is 2.39. The summed E-state index contributed by atoms with van der Waals surface area (Å²) in [4.78, 5) is 21.1. The first-order valence-electron chi connectivity index (χ1n) is 7.90. The van der Waals surface area contributed by atoms with E-state index >= 15 is 0 Å². The van der Waals surface area contributed by atoms with Gasteiger partial charge in [-0.25, -0.2) is 9.78 Å². The lowest BCUT2D eigenvalue weighted by molar-refractivity contribution is 0.131. The summed E-state index contributed by atoms with van der Waals surface area (Å²) < 4.78 is 5.10. The normalized spacial score (nSPS) is 24.9. The number of likely N-dealkylation sites (N-methyl/N-ethyl adjacent to an activating group) is 1. The number of hydrogen-bond acceptors (Lipinski definition) is 4. The van der Waals surface area contributed by atoms with Crippen molar-refractivity contribution in [3.05, 3.63) is 23.9 Å². The third-order valence-corrected chi connectivity index (χ3v) is 4.74. The largest absolute Gasteiger partial charge is 0.481 e. The number of likely N-dealkylation sites (tertiary alicyclic amines) is 2. The Morgan fingerprint density at radius 1 is 1.41 bits per heavy atom. The minimum Gasteiger partial charge on any atom is -0.481 e. The molecule has 2 aliphatic heterocycles. The van der Waals surface area contributed by atoms with E-state index in [-0.39, 0.29) is 6.03 Å². The number of nitrogens with one attached hydrogen (secondary N) is 1. The van der Waals surface area contributed by atoms with E-state index in [2.05, 4.69) is 22.2 Å². The fraction of sp³-hybridized carbons (Fsp3) is 0.625. The number of pyridine rings is 1. The SMILES string of the molecule is COc1cccc(CNC(=O)N2CC[C@@H]3CCN(C)C[C@@H]32)n1. The first-order chi connectivity index (χ1) is 10.7. The number of fused-ring (bicyclic) bond motifs is 1. The Labute approximate surface area is 131 Å². The number of amides is 2. The average Bonchev–Trinajstić information content (AvgIpc) is 2.96. The smallest absolute Gasteiger partial charge is 0.318 e. The van der Waals surface area contributed by atoms with Crippen LogP contribution >= 0.6 is 0 Å². The second-order valence-electron chi connectivity index (χ2n) is 6.19. The van der Waals surface area contributed by atoms with Crippen molar-refractivity contribution in [2.24, 2.45) is 5.92 Å². The van der Waals surface area contributed by atoms with E-state index in [0.717, 1.165) is 31.7 Å². The Morgan fingerprint density at radius 3 is 3.05 bits per heavy atom. The molecule has 0 bridgehead atoms. The molecule has 0 aromatic carbocycles. The monoisotopic (exact) mass is 304 g/mol. The molecule has 6 nitrogen and oxygen atoms in total. The topological polar surface area (TPSA) is 57.7 Å². The van der Waals surface area contributed by atoms with Gasteiger partial charge in [-0.05, 0) is 38.4 Å². The second kappa shape index (κ2) is 6.52. The van der Waals surface area contributed by atoms with Crippen LogP contribution in [0.15, 0.2) is 18.2 Å². The van der Waals surface area contributed by atoms with Crippen molar-refractivity contribution < 1.29 is 9.53 Å².